The van der Waals surface area contributed by atoms with E-state index in [1.165, 1.54) is 12.1 Å². The lowest BCUT2D eigenvalue weighted by molar-refractivity contribution is -0.142. The number of hydrogen-bond acceptors (Lipinski definition) is 11. The predicted molar refractivity (Wildman–Crippen MR) is 185 cm³/mol. The van der Waals surface area contributed by atoms with Crippen LogP contribution in [0.3, 0.4) is 0 Å². The van der Waals surface area contributed by atoms with Gasteiger partial charge in [-0.1, -0.05) is 42.5 Å². The molecule has 0 heterocycles. The van der Waals surface area contributed by atoms with E-state index in [-0.39, 0.29) is 24.6 Å². The van der Waals surface area contributed by atoms with Gasteiger partial charge in [-0.2, -0.15) is 11.8 Å². The Morgan fingerprint density at radius 2 is 1.31 bits per heavy atom. The number of carboxylic acid groups (broad SMARTS) is 4. The van der Waals surface area contributed by atoms with Crippen LogP contribution in [0.1, 0.15) is 36.8 Å². The summed E-state index contributed by atoms with van der Waals surface area (Å²) in [6, 6.07) is 13.2. The van der Waals surface area contributed by atoms with Gasteiger partial charge in [0.1, 0.15) is 23.9 Å². The molecule has 270 valence electrons. The third-order valence-electron chi connectivity index (χ3n) is 6.01. The van der Waals surface area contributed by atoms with Gasteiger partial charge >= 0.3 is 23.9 Å². The van der Waals surface area contributed by atoms with E-state index in [1.807, 2.05) is 55.6 Å². The van der Waals surface area contributed by atoms with Crippen LogP contribution in [0.15, 0.2) is 54.6 Å². The molecule has 2 rings (SSSR count). The smallest absolute Gasteiger partial charge is 0.326 e. The van der Waals surface area contributed by atoms with Crippen LogP contribution in [0.5, 0.6) is 5.75 Å². The molecule has 3 atom stereocenters. The number of phenolic OH excluding ortho intramolecular Hbond substituents is 1. The highest BCUT2D eigenvalue weighted by atomic mass is 32.2. The summed E-state index contributed by atoms with van der Waals surface area (Å²) in [5.74, 6) is -3.21. The molecular weight excluding hydrogens is 646 g/mol. The summed E-state index contributed by atoms with van der Waals surface area (Å²) < 4.78 is 0. The van der Waals surface area contributed by atoms with E-state index in [0.717, 1.165) is 36.3 Å². The van der Waals surface area contributed by atoms with Crippen molar-refractivity contribution in [1.29, 1.82) is 0 Å². The zero-order valence-corrected chi connectivity index (χ0v) is 28.5. The second kappa shape index (κ2) is 27.9. The molecule has 48 heavy (non-hydrogen) atoms. The average molecular weight is 698 g/mol. The van der Waals surface area contributed by atoms with Gasteiger partial charge in [0.25, 0.3) is 0 Å². The maximum absolute atomic E-state index is 11.8. The number of nitrogens with one attached hydrogen (secondary N) is 1. The third kappa shape index (κ3) is 26.9. The molecule has 0 aliphatic heterocycles. The molecule has 12 N–H and O–H groups in total. The Hall–Kier alpha value is -4.22. The standard InChI is InChI=1S/C16H24N2O4.C9H11NO2.C5H11NO2S.C2H5NO2/c1-18(2)10-4-3-5-15(20)17-14(16(21)22)11-12-6-8-13(19)9-7-12;10-8(9(11)12)6-7-4-2-1-3-5-7;1-9-3-2-4(6)5(7)8;3-1-2(4)5/h6-9,14,19H,3-5,10-11H2,1-2H3,(H,17,20)(H,21,22);1-5,8H,6,10H2,(H,11,12);4H,2-3,6H2,1H3,(H,7,8);1,3H2,(H,4,5). The molecule has 0 aliphatic carbocycles. The normalized spacial score (nSPS) is 11.9. The van der Waals surface area contributed by atoms with Crippen molar-refractivity contribution in [2.24, 2.45) is 17.2 Å². The van der Waals surface area contributed by atoms with Crippen molar-refractivity contribution in [2.75, 3.05) is 39.2 Å². The van der Waals surface area contributed by atoms with E-state index in [9.17, 15) is 34.2 Å². The van der Waals surface area contributed by atoms with Gasteiger partial charge in [0.2, 0.25) is 5.91 Å². The van der Waals surface area contributed by atoms with Gasteiger partial charge in [0.15, 0.2) is 0 Å². The van der Waals surface area contributed by atoms with Crippen molar-refractivity contribution in [3.63, 3.8) is 0 Å². The molecule has 0 bridgehead atoms. The summed E-state index contributed by atoms with van der Waals surface area (Å²) in [5, 5.41) is 45.4. The van der Waals surface area contributed by atoms with Gasteiger partial charge in [-0.25, -0.2) is 4.79 Å². The zero-order valence-electron chi connectivity index (χ0n) is 27.7. The van der Waals surface area contributed by atoms with Crippen LogP contribution < -0.4 is 22.5 Å². The number of nitrogens with zero attached hydrogens (tertiary/aromatic N) is 1. The Morgan fingerprint density at radius 1 is 0.792 bits per heavy atom. The van der Waals surface area contributed by atoms with Crippen molar-refractivity contribution in [3.05, 3.63) is 65.7 Å². The second-order valence-electron chi connectivity index (χ2n) is 10.5. The number of benzene rings is 2. The first-order valence-electron chi connectivity index (χ1n) is 14.9. The Labute approximate surface area is 285 Å². The Kier molecular flexibility index (Phi) is 26.6. The quantitative estimate of drug-likeness (QED) is 0.105. The highest BCUT2D eigenvalue weighted by molar-refractivity contribution is 7.98. The highest BCUT2D eigenvalue weighted by Crippen LogP contribution is 2.12. The lowest BCUT2D eigenvalue weighted by atomic mass is 10.1. The Bertz CT molecular complexity index is 1200. The number of aromatic hydroxyl groups is 1. The minimum atomic E-state index is -1.06. The summed E-state index contributed by atoms with van der Waals surface area (Å²) in [7, 11) is 3.94. The van der Waals surface area contributed by atoms with E-state index in [2.05, 4.69) is 11.1 Å². The zero-order chi connectivity index (χ0) is 37.1. The molecular formula is C32H51N5O10S. The summed E-state index contributed by atoms with van der Waals surface area (Å²) in [4.78, 5) is 54.8. The van der Waals surface area contributed by atoms with Crippen LogP contribution in [0.4, 0.5) is 0 Å². The first-order chi connectivity index (χ1) is 22.5. The first-order valence-corrected chi connectivity index (χ1v) is 16.3. The molecule has 0 aromatic heterocycles. The van der Waals surface area contributed by atoms with E-state index < -0.39 is 42.0 Å². The fraction of sp³-hybridized carbons (Fsp3) is 0.469. The summed E-state index contributed by atoms with van der Waals surface area (Å²) in [6.07, 6.45) is 5.01. The molecule has 16 heteroatoms. The predicted octanol–water partition coefficient (Wildman–Crippen LogP) is 1.06. The van der Waals surface area contributed by atoms with E-state index in [4.69, 9.17) is 26.8 Å². The summed E-state index contributed by atoms with van der Waals surface area (Å²) >= 11 is 1.60. The van der Waals surface area contributed by atoms with Crippen LogP contribution in [0.25, 0.3) is 0 Å². The van der Waals surface area contributed by atoms with Crippen LogP contribution in [-0.4, -0.2) is 118 Å². The maximum Gasteiger partial charge on any atom is 0.326 e. The van der Waals surface area contributed by atoms with Crippen molar-refractivity contribution in [3.8, 4) is 5.75 Å². The monoisotopic (exact) mass is 697 g/mol. The van der Waals surface area contributed by atoms with Crippen LogP contribution in [0, 0.1) is 0 Å². The fourth-order valence-corrected chi connectivity index (χ4v) is 3.86. The molecule has 0 fully saturated rings. The molecule has 1 amide bonds. The average Bonchev–Trinajstić information content (AvgIpc) is 3.03. The first kappa shape index (κ1) is 45.9. The number of carbonyl (C=O) groups is 5. The van der Waals surface area contributed by atoms with Crippen molar-refractivity contribution in [1.82, 2.24) is 10.2 Å². The molecule has 0 radical (unpaired) electrons. The summed E-state index contributed by atoms with van der Waals surface area (Å²) in [5.41, 5.74) is 16.8. The maximum atomic E-state index is 11.8. The molecule has 0 saturated carbocycles. The van der Waals surface area contributed by atoms with Gasteiger partial charge in [0, 0.05) is 12.8 Å². The largest absolute Gasteiger partial charge is 0.508 e. The molecule has 0 spiro atoms. The minimum absolute atomic E-state index is 0.126. The van der Waals surface area contributed by atoms with E-state index in [1.54, 1.807) is 23.9 Å². The molecule has 3 unspecified atom stereocenters. The lowest BCUT2D eigenvalue weighted by Crippen LogP contribution is -2.42. The second-order valence-corrected chi connectivity index (χ2v) is 11.5. The number of amides is 1. The number of carbonyl (C=O) groups excluding carboxylic acids is 1. The van der Waals surface area contributed by atoms with Crippen LogP contribution in [-0.2, 0) is 36.8 Å². The topological polar surface area (TPSA) is 280 Å². The van der Waals surface area contributed by atoms with Crippen LogP contribution >= 0.6 is 11.8 Å². The highest BCUT2D eigenvalue weighted by Gasteiger charge is 2.20. The molecule has 0 aliphatic rings. The van der Waals surface area contributed by atoms with E-state index >= 15 is 0 Å². The third-order valence-corrected chi connectivity index (χ3v) is 6.65. The number of rotatable bonds is 17. The van der Waals surface area contributed by atoms with E-state index in [0.29, 0.717) is 19.3 Å². The lowest BCUT2D eigenvalue weighted by Gasteiger charge is -2.15. The van der Waals surface area contributed by atoms with Crippen molar-refractivity contribution < 1.29 is 49.5 Å². The SMILES string of the molecule is CN(C)CCCCC(=O)NC(Cc1ccc(O)cc1)C(=O)O.CSCCC(N)C(=O)O.NC(Cc1ccccc1)C(=O)O.NCC(=O)O. The van der Waals surface area contributed by atoms with Gasteiger partial charge in [0.05, 0.1) is 6.54 Å². The number of hydrogen-bond donors (Lipinski definition) is 9. The molecule has 0 saturated heterocycles. The molecule has 2 aromatic rings. The number of thioether (sulfide) groups is 1. The van der Waals surface area contributed by atoms with Gasteiger partial charge < -0.3 is 53.0 Å². The van der Waals surface area contributed by atoms with Crippen molar-refractivity contribution >= 4 is 41.5 Å². The van der Waals surface area contributed by atoms with Gasteiger partial charge in [-0.05, 0) is 81.6 Å². The van der Waals surface area contributed by atoms with Gasteiger partial charge in [-0.15, -0.1) is 0 Å². The molecule has 2 aromatic carbocycles. The summed E-state index contributed by atoms with van der Waals surface area (Å²) in [6.45, 7) is 0.628. The minimum Gasteiger partial charge on any atom is -0.508 e. The Morgan fingerprint density at radius 3 is 1.75 bits per heavy atom. The van der Waals surface area contributed by atoms with Gasteiger partial charge in [-0.3, -0.25) is 19.2 Å². The number of unbranched alkanes of at least 4 members (excludes halogenated alkanes) is 1. The number of aliphatic carboxylic acids is 4. The van der Waals surface area contributed by atoms with Crippen LogP contribution in [0.2, 0.25) is 0 Å². The fourth-order valence-electron chi connectivity index (χ4n) is 3.37. The Balaban J connectivity index is 0. The number of carboxylic acids is 4. The molecule has 15 nitrogen and oxygen atoms in total. The number of phenols is 1. The number of nitrogens with two attached hydrogens (primary N) is 3. The van der Waals surface area contributed by atoms with Crippen molar-refractivity contribution in [2.45, 2.75) is 56.7 Å².